The van der Waals surface area contributed by atoms with Gasteiger partial charge in [0.15, 0.2) is 0 Å². The number of aryl methyl sites for hydroxylation is 1. The van der Waals surface area contributed by atoms with Gasteiger partial charge in [0.1, 0.15) is 11.9 Å². The van der Waals surface area contributed by atoms with Crippen LogP contribution >= 0.6 is 23.4 Å². The molecule has 0 saturated heterocycles. The van der Waals surface area contributed by atoms with E-state index in [0.717, 1.165) is 11.1 Å². The minimum Gasteiger partial charge on any atom is -0.357 e. The standard InChI is InChI=1S/C22H26ClFN2O2S/c1-4-20(22(28)25-3)26(12-16-9-6-5-8-15(16)2)21(27)14-29-13-17-18(23)10-7-11-19(17)24/h5-11,20H,4,12-14H2,1-3H3,(H,25,28). The average Bonchev–Trinajstić information content (AvgIpc) is 2.71. The van der Waals surface area contributed by atoms with Gasteiger partial charge in [0.05, 0.1) is 5.75 Å². The molecule has 0 aromatic heterocycles. The van der Waals surface area contributed by atoms with E-state index >= 15 is 0 Å². The summed E-state index contributed by atoms with van der Waals surface area (Å²) in [5, 5.41) is 2.99. The first-order valence-electron chi connectivity index (χ1n) is 9.45. The van der Waals surface area contributed by atoms with Crippen LogP contribution in [-0.4, -0.2) is 35.6 Å². The molecule has 0 saturated carbocycles. The Labute approximate surface area is 180 Å². The molecule has 0 aliphatic carbocycles. The monoisotopic (exact) mass is 436 g/mol. The van der Waals surface area contributed by atoms with Gasteiger partial charge in [-0.25, -0.2) is 4.39 Å². The van der Waals surface area contributed by atoms with Crippen LogP contribution in [0.5, 0.6) is 0 Å². The third-order valence-corrected chi connectivity index (χ3v) is 6.07. The molecule has 0 spiro atoms. The maximum atomic E-state index is 14.0. The van der Waals surface area contributed by atoms with Gasteiger partial charge in [0, 0.05) is 29.9 Å². The van der Waals surface area contributed by atoms with Crippen LogP contribution in [0, 0.1) is 12.7 Å². The normalized spacial score (nSPS) is 11.8. The number of nitrogens with one attached hydrogen (secondary N) is 1. The number of amides is 2. The van der Waals surface area contributed by atoms with Gasteiger partial charge in [-0.3, -0.25) is 9.59 Å². The number of hydrogen-bond donors (Lipinski definition) is 1. The smallest absolute Gasteiger partial charge is 0.242 e. The van der Waals surface area contributed by atoms with Gasteiger partial charge < -0.3 is 10.2 Å². The highest BCUT2D eigenvalue weighted by Crippen LogP contribution is 2.25. The molecule has 0 aliphatic heterocycles. The fraction of sp³-hybridized carbons (Fsp3) is 0.364. The number of likely N-dealkylation sites (N-methyl/N-ethyl adjacent to an activating group) is 1. The zero-order valence-corrected chi connectivity index (χ0v) is 18.4. The highest BCUT2D eigenvalue weighted by Gasteiger charge is 2.28. The summed E-state index contributed by atoms with van der Waals surface area (Å²) in [6, 6.07) is 11.8. The number of hydrogen-bond acceptors (Lipinski definition) is 3. The highest BCUT2D eigenvalue weighted by molar-refractivity contribution is 7.99. The van der Waals surface area contributed by atoms with Crippen molar-refractivity contribution in [2.45, 2.75) is 38.6 Å². The van der Waals surface area contributed by atoms with Crippen molar-refractivity contribution in [3.8, 4) is 0 Å². The van der Waals surface area contributed by atoms with E-state index in [1.807, 2.05) is 38.1 Å². The van der Waals surface area contributed by atoms with E-state index in [9.17, 15) is 14.0 Å². The first-order valence-corrected chi connectivity index (χ1v) is 11.0. The molecule has 0 heterocycles. The Balaban J connectivity index is 2.15. The van der Waals surface area contributed by atoms with Crippen molar-refractivity contribution >= 4 is 35.2 Å². The second kappa shape index (κ2) is 11.2. The molecule has 1 atom stereocenters. The fourth-order valence-electron chi connectivity index (χ4n) is 3.05. The second-order valence-corrected chi connectivity index (χ2v) is 8.07. The molecule has 1 unspecified atom stereocenters. The fourth-order valence-corrected chi connectivity index (χ4v) is 4.30. The Hall–Kier alpha value is -2.05. The van der Waals surface area contributed by atoms with E-state index in [1.165, 1.54) is 17.8 Å². The number of carbonyl (C=O) groups is 2. The van der Waals surface area contributed by atoms with Gasteiger partial charge in [0.2, 0.25) is 11.8 Å². The maximum Gasteiger partial charge on any atom is 0.242 e. The summed E-state index contributed by atoms with van der Waals surface area (Å²) in [5.41, 5.74) is 2.43. The highest BCUT2D eigenvalue weighted by atomic mass is 35.5. The molecule has 29 heavy (non-hydrogen) atoms. The molecule has 0 fully saturated rings. The Morgan fingerprint density at radius 3 is 2.55 bits per heavy atom. The SMILES string of the molecule is CCC(C(=O)NC)N(Cc1ccccc1C)C(=O)CSCc1c(F)cccc1Cl. The predicted molar refractivity (Wildman–Crippen MR) is 117 cm³/mol. The van der Waals surface area contributed by atoms with Crippen LogP contribution in [0.1, 0.15) is 30.0 Å². The zero-order valence-electron chi connectivity index (χ0n) is 16.9. The van der Waals surface area contributed by atoms with Crippen LogP contribution in [0.3, 0.4) is 0 Å². The number of benzene rings is 2. The van der Waals surface area contributed by atoms with Gasteiger partial charge >= 0.3 is 0 Å². The molecule has 1 N–H and O–H groups in total. The van der Waals surface area contributed by atoms with Crippen molar-refractivity contribution < 1.29 is 14.0 Å². The first kappa shape index (κ1) is 23.2. The summed E-state index contributed by atoms with van der Waals surface area (Å²) in [7, 11) is 1.57. The zero-order chi connectivity index (χ0) is 21.4. The lowest BCUT2D eigenvalue weighted by molar-refractivity contribution is -0.139. The molecule has 2 rings (SSSR count). The van der Waals surface area contributed by atoms with E-state index in [0.29, 0.717) is 23.6 Å². The molecule has 2 aromatic rings. The minimum absolute atomic E-state index is 0.129. The largest absolute Gasteiger partial charge is 0.357 e. The summed E-state index contributed by atoms with van der Waals surface area (Å²) in [6.07, 6.45) is 0.501. The quantitative estimate of drug-likeness (QED) is 0.626. The van der Waals surface area contributed by atoms with Crippen LogP contribution in [0.2, 0.25) is 5.02 Å². The van der Waals surface area contributed by atoms with Crippen molar-refractivity contribution in [1.82, 2.24) is 10.2 Å². The Morgan fingerprint density at radius 2 is 1.93 bits per heavy atom. The molecule has 0 radical (unpaired) electrons. The number of nitrogens with zero attached hydrogens (tertiary/aromatic N) is 1. The summed E-state index contributed by atoms with van der Waals surface area (Å²) < 4.78 is 14.0. The van der Waals surface area contributed by atoms with Gasteiger partial charge in [-0.2, -0.15) is 0 Å². The molecule has 0 bridgehead atoms. The van der Waals surface area contributed by atoms with Crippen molar-refractivity contribution in [2.24, 2.45) is 0 Å². The second-order valence-electron chi connectivity index (χ2n) is 6.68. The van der Waals surface area contributed by atoms with Crippen LogP contribution in [-0.2, 0) is 21.9 Å². The summed E-state index contributed by atoms with van der Waals surface area (Å²) in [5.74, 6) is -0.334. The van der Waals surface area contributed by atoms with Crippen molar-refractivity contribution in [1.29, 1.82) is 0 Å². The molecule has 4 nitrogen and oxygen atoms in total. The summed E-state index contributed by atoms with van der Waals surface area (Å²) >= 11 is 7.35. The lowest BCUT2D eigenvalue weighted by Crippen LogP contribution is -2.48. The Morgan fingerprint density at radius 1 is 1.21 bits per heavy atom. The molecular formula is C22H26ClFN2O2S. The maximum absolute atomic E-state index is 14.0. The lowest BCUT2D eigenvalue weighted by atomic mass is 10.1. The summed E-state index contributed by atoms with van der Waals surface area (Å²) in [6.45, 7) is 4.20. The number of halogens is 2. The van der Waals surface area contributed by atoms with Crippen LogP contribution in [0.15, 0.2) is 42.5 Å². The van der Waals surface area contributed by atoms with Crippen LogP contribution in [0.25, 0.3) is 0 Å². The number of thioether (sulfide) groups is 1. The average molecular weight is 437 g/mol. The van der Waals surface area contributed by atoms with Crippen molar-refractivity contribution in [3.05, 3.63) is 70.0 Å². The van der Waals surface area contributed by atoms with Crippen LogP contribution in [0.4, 0.5) is 4.39 Å². The predicted octanol–water partition coefficient (Wildman–Crippen LogP) is 4.57. The molecule has 7 heteroatoms. The van der Waals surface area contributed by atoms with Gasteiger partial charge in [-0.1, -0.05) is 48.9 Å². The van der Waals surface area contributed by atoms with E-state index in [2.05, 4.69) is 5.32 Å². The minimum atomic E-state index is -0.565. The van der Waals surface area contributed by atoms with E-state index in [4.69, 9.17) is 11.6 Å². The number of rotatable bonds is 9. The van der Waals surface area contributed by atoms with E-state index < -0.39 is 6.04 Å². The van der Waals surface area contributed by atoms with E-state index in [-0.39, 0.29) is 29.1 Å². The summed E-state index contributed by atoms with van der Waals surface area (Å²) in [4.78, 5) is 27.0. The molecule has 156 valence electrons. The van der Waals surface area contributed by atoms with Crippen LogP contribution < -0.4 is 5.32 Å². The molecule has 0 aliphatic rings. The third kappa shape index (κ3) is 6.21. The Bertz CT molecular complexity index is 842. The van der Waals surface area contributed by atoms with Gasteiger partial charge in [0.25, 0.3) is 0 Å². The topological polar surface area (TPSA) is 49.4 Å². The first-order chi connectivity index (χ1) is 13.9. The molecule has 2 amide bonds. The van der Waals surface area contributed by atoms with Crippen molar-refractivity contribution in [3.63, 3.8) is 0 Å². The lowest BCUT2D eigenvalue weighted by Gasteiger charge is -2.30. The van der Waals surface area contributed by atoms with Crippen molar-refractivity contribution in [2.75, 3.05) is 12.8 Å². The molecule has 2 aromatic carbocycles. The van der Waals surface area contributed by atoms with E-state index in [1.54, 1.807) is 24.1 Å². The van der Waals surface area contributed by atoms with Gasteiger partial charge in [-0.15, -0.1) is 11.8 Å². The third-order valence-electron chi connectivity index (χ3n) is 4.77. The van der Waals surface area contributed by atoms with Gasteiger partial charge in [-0.05, 0) is 36.6 Å². The molecular weight excluding hydrogens is 411 g/mol. The Kier molecular flexibility index (Phi) is 8.99. The number of carbonyl (C=O) groups excluding carboxylic acids is 2.